The summed E-state index contributed by atoms with van der Waals surface area (Å²) in [7, 11) is -2.45. The van der Waals surface area contributed by atoms with E-state index in [4.69, 9.17) is 9.47 Å². The second-order valence-electron chi connectivity index (χ2n) is 8.78. The fraction of sp³-hybridized carbons (Fsp3) is 0.522. The molecule has 0 radical (unpaired) electrons. The SMILES string of the molecule is CC[C@H]1COC[C@@H]2c3nc(c(O)c(=O)n31)C(=O)NCc1ccc(F)cc1OCCCCS(=O)(=O)N2C. The zero-order valence-electron chi connectivity index (χ0n) is 20.1. The van der Waals surface area contributed by atoms with E-state index in [1.807, 2.05) is 6.92 Å². The van der Waals surface area contributed by atoms with Crippen LogP contribution in [-0.4, -0.2) is 65.9 Å². The van der Waals surface area contributed by atoms with Crippen LogP contribution in [-0.2, 0) is 21.3 Å². The summed E-state index contributed by atoms with van der Waals surface area (Å²) in [5.41, 5.74) is -0.923. The van der Waals surface area contributed by atoms with E-state index in [0.29, 0.717) is 18.4 Å². The number of aromatic nitrogens is 2. The van der Waals surface area contributed by atoms with Gasteiger partial charge in [-0.2, -0.15) is 4.31 Å². The van der Waals surface area contributed by atoms with Crippen molar-refractivity contribution in [2.24, 2.45) is 0 Å². The molecular formula is C23H29FN4O7S. The van der Waals surface area contributed by atoms with Crippen LogP contribution in [0.4, 0.5) is 4.39 Å². The highest BCUT2D eigenvalue weighted by Crippen LogP contribution is 2.30. The maximum absolute atomic E-state index is 13.8. The monoisotopic (exact) mass is 524 g/mol. The molecule has 0 spiro atoms. The van der Waals surface area contributed by atoms with Gasteiger partial charge in [-0.05, 0) is 25.3 Å². The van der Waals surface area contributed by atoms with E-state index < -0.39 is 50.8 Å². The van der Waals surface area contributed by atoms with Gasteiger partial charge in [0.15, 0.2) is 5.69 Å². The van der Waals surface area contributed by atoms with Gasteiger partial charge in [-0.1, -0.05) is 13.0 Å². The number of rotatable bonds is 1. The van der Waals surface area contributed by atoms with Crippen molar-refractivity contribution in [1.29, 1.82) is 0 Å². The molecule has 4 rings (SSSR count). The van der Waals surface area contributed by atoms with Crippen molar-refractivity contribution < 1.29 is 32.2 Å². The lowest BCUT2D eigenvalue weighted by Gasteiger charge is -2.28. The minimum absolute atomic E-state index is 0.0243. The Kier molecular flexibility index (Phi) is 7.62. The number of amides is 1. The summed E-state index contributed by atoms with van der Waals surface area (Å²) in [5, 5.41) is 13.2. The van der Waals surface area contributed by atoms with E-state index >= 15 is 0 Å². The molecule has 0 aliphatic carbocycles. The lowest BCUT2D eigenvalue weighted by atomic mass is 10.1. The van der Waals surface area contributed by atoms with Gasteiger partial charge >= 0.3 is 0 Å². The van der Waals surface area contributed by atoms with Crippen LogP contribution < -0.4 is 15.6 Å². The molecule has 3 heterocycles. The number of hydrogen-bond acceptors (Lipinski definition) is 8. The summed E-state index contributed by atoms with van der Waals surface area (Å²) in [6, 6.07) is 2.35. The predicted octanol–water partition coefficient (Wildman–Crippen LogP) is 1.47. The van der Waals surface area contributed by atoms with Crippen LogP contribution in [0.3, 0.4) is 0 Å². The third-order valence-electron chi connectivity index (χ3n) is 6.45. The van der Waals surface area contributed by atoms with Crippen LogP contribution in [0.15, 0.2) is 23.0 Å². The molecule has 0 fully saturated rings. The highest BCUT2D eigenvalue weighted by Gasteiger charge is 2.37. The smallest absolute Gasteiger partial charge is 0.296 e. The molecule has 1 amide bonds. The van der Waals surface area contributed by atoms with Crippen molar-refractivity contribution in [2.75, 3.05) is 32.6 Å². The first-order valence-corrected chi connectivity index (χ1v) is 13.3. The van der Waals surface area contributed by atoms with Crippen molar-refractivity contribution >= 4 is 15.9 Å². The summed E-state index contributed by atoms with van der Waals surface area (Å²) in [5.74, 6) is -2.21. The largest absolute Gasteiger partial charge is 0.501 e. The van der Waals surface area contributed by atoms with Gasteiger partial charge in [0.05, 0.1) is 31.6 Å². The summed E-state index contributed by atoms with van der Waals surface area (Å²) in [6.07, 6.45) is 1.12. The van der Waals surface area contributed by atoms with Crippen molar-refractivity contribution in [3.63, 3.8) is 0 Å². The topological polar surface area (TPSA) is 140 Å². The number of hydrogen-bond donors (Lipinski definition) is 2. The van der Waals surface area contributed by atoms with Gasteiger partial charge in [0.2, 0.25) is 15.8 Å². The number of nitrogens with one attached hydrogen (secondary N) is 1. The number of carbonyl (C=O) groups is 1. The van der Waals surface area contributed by atoms with Crippen LogP contribution in [0, 0.1) is 5.82 Å². The Bertz CT molecular complexity index is 1310. The molecule has 2 bridgehead atoms. The number of ether oxygens (including phenoxy) is 2. The molecule has 0 saturated carbocycles. The predicted molar refractivity (Wildman–Crippen MR) is 127 cm³/mol. The molecule has 0 saturated heterocycles. The van der Waals surface area contributed by atoms with Gasteiger partial charge in [0.25, 0.3) is 11.5 Å². The Labute approximate surface area is 207 Å². The van der Waals surface area contributed by atoms with Crippen molar-refractivity contribution in [3.05, 3.63) is 51.5 Å². The molecule has 0 unspecified atom stereocenters. The fourth-order valence-electron chi connectivity index (χ4n) is 4.29. The normalized spacial score (nSPS) is 23.1. The third-order valence-corrected chi connectivity index (χ3v) is 8.39. The molecule has 2 N–H and O–H groups in total. The molecule has 13 heteroatoms. The molecule has 11 nitrogen and oxygen atoms in total. The number of likely N-dealkylation sites (N-methyl/N-ethyl adjacent to an activating group) is 1. The van der Waals surface area contributed by atoms with Gasteiger partial charge in [0.1, 0.15) is 23.4 Å². The first kappa shape index (κ1) is 26.0. The second-order valence-corrected chi connectivity index (χ2v) is 10.9. The van der Waals surface area contributed by atoms with E-state index in [9.17, 15) is 27.5 Å². The number of fused-ring (bicyclic) bond motifs is 2. The van der Waals surface area contributed by atoms with Crippen molar-refractivity contribution in [1.82, 2.24) is 19.2 Å². The van der Waals surface area contributed by atoms with Gasteiger partial charge in [-0.15, -0.1) is 0 Å². The zero-order valence-corrected chi connectivity index (χ0v) is 20.9. The van der Waals surface area contributed by atoms with Crippen LogP contribution in [0.5, 0.6) is 11.5 Å². The van der Waals surface area contributed by atoms with Crippen LogP contribution in [0.25, 0.3) is 0 Å². The van der Waals surface area contributed by atoms with Gasteiger partial charge < -0.3 is 19.9 Å². The Morgan fingerprint density at radius 2 is 2.03 bits per heavy atom. The minimum atomic E-state index is -3.83. The standard InChI is InChI=1S/C23H29FN4O7S/c1-3-16-12-34-13-17-21-26-19(20(29)23(31)28(16)21)22(30)25-11-14-6-7-15(24)10-18(14)35-8-4-5-9-36(32,33)27(17)2/h6-7,10,16-17,29H,3-5,8-9,11-13H2,1-2H3,(H,25,30)/t16-,17+/m0/s1. The van der Waals surface area contributed by atoms with Crippen LogP contribution in [0.1, 0.15) is 60.1 Å². The average Bonchev–Trinajstić information content (AvgIpc) is 3.03. The Hall–Kier alpha value is -3.03. The molecule has 2 aliphatic rings. The lowest BCUT2D eigenvalue weighted by Crippen LogP contribution is -2.40. The number of aromatic hydroxyl groups is 1. The van der Waals surface area contributed by atoms with Crippen molar-refractivity contribution in [3.8, 4) is 11.5 Å². The van der Waals surface area contributed by atoms with E-state index in [1.165, 1.54) is 29.8 Å². The molecule has 196 valence electrons. The summed E-state index contributed by atoms with van der Waals surface area (Å²) in [6.45, 7) is 1.93. The van der Waals surface area contributed by atoms with E-state index in [1.54, 1.807) is 0 Å². The average molecular weight is 525 g/mol. The highest BCUT2D eigenvalue weighted by atomic mass is 32.2. The Morgan fingerprint density at radius 3 is 2.78 bits per heavy atom. The van der Waals surface area contributed by atoms with E-state index in [2.05, 4.69) is 10.3 Å². The Balaban J connectivity index is 1.85. The van der Waals surface area contributed by atoms with Gasteiger partial charge in [-0.25, -0.2) is 17.8 Å². The van der Waals surface area contributed by atoms with E-state index in [0.717, 1.165) is 4.31 Å². The maximum Gasteiger partial charge on any atom is 0.296 e. The molecule has 1 aromatic heterocycles. The van der Waals surface area contributed by atoms with E-state index in [-0.39, 0.29) is 50.1 Å². The molecule has 2 aliphatic heterocycles. The minimum Gasteiger partial charge on any atom is -0.501 e. The quantitative estimate of drug-likeness (QED) is 0.572. The van der Waals surface area contributed by atoms with Crippen LogP contribution >= 0.6 is 0 Å². The Morgan fingerprint density at radius 1 is 1.25 bits per heavy atom. The molecule has 2 aromatic rings. The number of benzene rings is 1. The fourth-order valence-corrected chi connectivity index (χ4v) is 5.69. The first-order chi connectivity index (χ1) is 17.1. The number of sulfonamides is 1. The molecule has 2 atom stereocenters. The second kappa shape index (κ2) is 10.5. The van der Waals surface area contributed by atoms with Gasteiger partial charge in [0, 0.05) is 25.2 Å². The zero-order chi connectivity index (χ0) is 26.0. The van der Waals surface area contributed by atoms with Crippen LogP contribution in [0.2, 0.25) is 0 Å². The number of halogens is 1. The summed E-state index contributed by atoms with van der Waals surface area (Å²) >= 11 is 0. The van der Waals surface area contributed by atoms with Crippen molar-refractivity contribution in [2.45, 2.75) is 44.8 Å². The highest BCUT2D eigenvalue weighted by molar-refractivity contribution is 7.89. The molecular weight excluding hydrogens is 495 g/mol. The maximum atomic E-state index is 13.8. The number of nitrogens with zero attached hydrogens (tertiary/aromatic N) is 3. The molecule has 36 heavy (non-hydrogen) atoms. The van der Waals surface area contributed by atoms with Gasteiger partial charge in [-0.3, -0.25) is 14.2 Å². The first-order valence-electron chi connectivity index (χ1n) is 11.7. The summed E-state index contributed by atoms with van der Waals surface area (Å²) in [4.78, 5) is 30.6. The lowest BCUT2D eigenvalue weighted by molar-refractivity contribution is 0.0859. The molecule has 1 aromatic carbocycles. The summed E-state index contributed by atoms with van der Waals surface area (Å²) < 4.78 is 53.8. The third kappa shape index (κ3) is 5.08. The number of carbonyl (C=O) groups excluding carboxylic acids is 1.